The summed E-state index contributed by atoms with van der Waals surface area (Å²) in [5, 5.41) is 9.63. The molecule has 1 unspecified atom stereocenters. The van der Waals surface area contributed by atoms with E-state index in [-0.39, 0.29) is 11.6 Å². The first-order valence-electron chi connectivity index (χ1n) is 7.95. The average Bonchev–Trinajstić information content (AvgIpc) is 2.34. The van der Waals surface area contributed by atoms with Crippen LogP contribution in [0.15, 0.2) is 23.3 Å². The van der Waals surface area contributed by atoms with Crippen LogP contribution in [0, 0.1) is 16.2 Å². The number of carbonyl (C=O) groups excluding carboxylic acids is 2. The van der Waals surface area contributed by atoms with Crippen molar-refractivity contribution < 1.29 is 19.7 Å². The standard InChI is InChI=1S/C19H30O4/c1-16(2,3)13-10-12(14(20)17(4,5)6)11-19(23-22,15(13)21)18(7,8)9/h10-11,22H,1-9H3. The van der Waals surface area contributed by atoms with E-state index in [4.69, 9.17) is 4.89 Å². The normalized spacial score (nSPS) is 23.5. The molecule has 0 spiro atoms. The van der Waals surface area contributed by atoms with E-state index < -0.39 is 21.8 Å². The molecule has 1 aliphatic carbocycles. The fourth-order valence-corrected chi connectivity index (χ4v) is 2.63. The lowest BCUT2D eigenvalue weighted by Crippen LogP contribution is -2.54. The molecule has 0 aromatic heterocycles. The van der Waals surface area contributed by atoms with Crippen molar-refractivity contribution in [2.75, 3.05) is 0 Å². The van der Waals surface area contributed by atoms with Gasteiger partial charge in [0.15, 0.2) is 17.2 Å². The summed E-state index contributed by atoms with van der Waals surface area (Å²) >= 11 is 0. The Balaban J connectivity index is 3.70. The second kappa shape index (κ2) is 5.67. The van der Waals surface area contributed by atoms with Crippen molar-refractivity contribution in [1.82, 2.24) is 0 Å². The Morgan fingerprint density at radius 1 is 1.04 bits per heavy atom. The van der Waals surface area contributed by atoms with Gasteiger partial charge in [0.05, 0.1) is 0 Å². The first-order valence-corrected chi connectivity index (χ1v) is 7.95. The van der Waals surface area contributed by atoms with E-state index in [1.807, 2.05) is 62.3 Å². The van der Waals surface area contributed by atoms with Gasteiger partial charge in [-0.2, -0.15) is 0 Å². The minimum atomic E-state index is -1.57. The number of Topliss-reactive ketones (excluding diaryl/α,β-unsaturated/α-hetero) is 2. The van der Waals surface area contributed by atoms with Crippen LogP contribution in [0.1, 0.15) is 62.3 Å². The highest BCUT2D eigenvalue weighted by atomic mass is 17.1. The summed E-state index contributed by atoms with van der Waals surface area (Å²) in [6.45, 7) is 16.6. The van der Waals surface area contributed by atoms with Crippen LogP contribution in [-0.2, 0) is 14.5 Å². The molecule has 0 saturated heterocycles. The summed E-state index contributed by atoms with van der Waals surface area (Å²) < 4.78 is 0. The van der Waals surface area contributed by atoms with E-state index >= 15 is 0 Å². The fourth-order valence-electron chi connectivity index (χ4n) is 2.63. The quantitative estimate of drug-likeness (QED) is 0.606. The van der Waals surface area contributed by atoms with E-state index in [0.717, 1.165) is 0 Å². The van der Waals surface area contributed by atoms with Crippen molar-refractivity contribution in [3.8, 4) is 0 Å². The van der Waals surface area contributed by atoms with Gasteiger partial charge < -0.3 is 0 Å². The van der Waals surface area contributed by atoms with Crippen molar-refractivity contribution in [2.45, 2.75) is 67.9 Å². The first kappa shape index (κ1) is 19.8. The number of hydrogen-bond acceptors (Lipinski definition) is 4. The maximum absolute atomic E-state index is 13.1. The topological polar surface area (TPSA) is 63.6 Å². The molecule has 0 amide bonds. The summed E-state index contributed by atoms with van der Waals surface area (Å²) in [5.41, 5.74) is -2.45. The van der Waals surface area contributed by atoms with Gasteiger partial charge in [-0.3, -0.25) is 14.8 Å². The first-order chi connectivity index (χ1) is 10.1. The molecule has 0 aliphatic heterocycles. The zero-order chi connectivity index (χ0) is 18.4. The molecule has 4 heteroatoms. The highest BCUT2D eigenvalue weighted by Gasteiger charge is 2.54. The predicted molar refractivity (Wildman–Crippen MR) is 91.0 cm³/mol. The van der Waals surface area contributed by atoms with Crippen molar-refractivity contribution in [3.63, 3.8) is 0 Å². The van der Waals surface area contributed by atoms with Crippen molar-refractivity contribution in [2.24, 2.45) is 16.2 Å². The van der Waals surface area contributed by atoms with Crippen LogP contribution in [0.4, 0.5) is 0 Å². The lowest BCUT2D eigenvalue weighted by atomic mass is 9.64. The number of carbonyl (C=O) groups is 2. The monoisotopic (exact) mass is 322 g/mol. The molecule has 1 N–H and O–H groups in total. The molecular formula is C19H30O4. The Kier molecular flexibility index (Phi) is 4.88. The van der Waals surface area contributed by atoms with Gasteiger partial charge >= 0.3 is 0 Å². The van der Waals surface area contributed by atoms with Gasteiger partial charge in [-0.25, -0.2) is 4.89 Å². The van der Waals surface area contributed by atoms with Gasteiger partial charge in [0.1, 0.15) is 0 Å². The van der Waals surface area contributed by atoms with Gasteiger partial charge in [0, 0.05) is 22.0 Å². The molecule has 1 atom stereocenters. The van der Waals surface area contributed by atoms with Crippen LogP contribution in [0.5, 0.6) is 0 Å². The minimum absolute atomic E-state index is 0.0857. The predicted octanol–water partition coefficient (Wildman–Crippen LogP) is 4.36. The largest absolute Gasteiger partial charge is 0.294 e. The summed E-state index contributed by atoms with van der Waals surface area (Å²) in [7, 11) is 0. The highest BCUT2D eigenvalue weighted by molar-refractivity contribution is 6.12. The maximum Gasteiger partial charge on any atom is 0.199 e. The molecule has 0 bridgehead atoms. The number of rotatable bonds is 2. The summed E-state index contributed by atoms with van der Waals surface area (Å²) in [5.74, 6) is -0.386. The zero-order valence-electron chi connectivity index (χ0n) is 15.8. The summed E-state index contributed by atoms with van der Waals surface area (Å²) in [6.07, 6.45) is 3.14. The third-order valence-electron chi connectivity index (χ3n) is 4.25. The molecule has 130 valence electrons. The van der Waals surface area contributed by atoms with E-state index in [9.17, 15) is 14.8 Å². The van der Waals surface area contributed by atoms with E-state index in [0.29, 0.717) is 11.1 Å². The molecule has 0 aromatic rings. The van der Waals surface area contributed by atoms with Gasteiger partial charge in [0.25, 0.3) is 0 Å². The molecule has 1 aliphatic rings. The zero-order valence-corrected chi connectivity index (χ0v) is 15.8. The molecule has 1 rings (SSSR count). The van der Waals surface area contributed by atoms with Gasteiger partial charge in [0.2, 0.25) is 0 Å². The van der Waals surface area contributed by atoms with Gasteiger partial charge in [-0.15, -0.1) is 0 Å². The highest BCUT2D eigenvalue weighted by Crippen LogP contribution is 2.45. The van der Waals surface area contributed by atoms with Crippen LogP contribution in [0.2, 0.25) is 0 Å². The molecule has 0 aromatic carbocycles. The summed E-state index contributed by atoms with van der Waals surface area (Å²) in [6, 6.07) is 0. The second-order valence-electron chi connectivity index (χ2n) is 9.39. The van der Waals surface area contributed by atoms with Crippen molar-refractivity contribution >= 4 is 11.6 Å². The Labute approximate surface area is 139 Å². The van der Waals surface area contributed by atoms with Crippen LogP contribution < -0.4 is 0 Å². The Morgan fingerprint density at radius 3 is 1.83 bits per heavy atom. The molecule has 0 saturated carbocycles. The smallest absolute Gasteiger partial charge is 0.199 e. The molecular weight excluding hydrogens is 292 g/mol. The Hall–Kier alpha value is -1.26. The van der Waals surface area contributed by atoms with Crippen molar-refractivity contribution in [1.29, 1.82) is 0 Å². The van der Waals surface area contributed by atoms with Crippen LogP contribution in [-0.4, -0.2) is 22.4 Å². The minimum Gasteiger partial charge on any atom is -0.294 e. The lowest BCUT2D eigenvalue weighted by molar-refractivity contribution is -0.318. The van der Waals surface area contributed by atoms with Gasteiger partial charge in [-0.1, -0.05) is 62.3 Å². The third-order valence-corrected chi connectivity index (χ3v) is 4.25. The number of ketones is 2. The number of allylic oxidation sites excluding steroid dienone is 2. The fraction of sp³-hybridized carbons (Fsp3) is 0.684. The van der Waals surface area contributed by atoms with E-state index in [1.165, 1.54) is 6.08 Å². The molecule has 0 heterocycles. The van der Waals surface area contributed by atoms with Crippen LogP contribution in [0.3, 0.4) is 0 Å². The summed E-state index contributed by atoms with van der Waals surface area (Å²) in [4.78, 5) is 30.6. The SMILES string of the molecule is CC(C)(C)C(=O)C1=CC(OO)(C(C)(C)C)C(=O)C(C(C)(C)C)=C1. The van der Waals surface area contributed by atoms with Crippen molar-refractivity contribution in [3.05, 3.63) is 23.3 Å². The van der Waals surface area contributed by atoms with Gasteiger partial charge in [-0.05, 0) is 17.6 Å². The molecule has 0 fully saturated rings. The maximum atomic E-state index is 13.1. The Bertz CT molecular complexity index is 574. The van der Waals surface area contributed by atoms with Crippen LogP contribution in [0.25, 0.3) is 0 Å². The molecule has 0 radical (unpaired) electrons. The lowest BCUT2D eigenvalue weighted by Gasteiger charge is -2.43. The molecule has 4 nitrogen and oxygen atoms in total. The third kappa shape index (κ3) is 3.48. The number of hydrogen-bond donors (Lipinski definition) is 1. The second-order valence-corrected chi connectivity index (χ2v) is 9.39. The molecule has 23 heavy (non-hydrogen) atoms. The Morgan fingerprint density at radius 2 is 1.52 bits per heavy atom. The van der Waals surface area contributed by atoms with Crippen LogP contribution >= 0.6 is 0 Å². The van der Waals surface area contributed by atoms with E-state index in [1.54, 1.807) is 6.08 Å². The van der Waals surface area contributed by atoms with E-state index in [2.05, 4.69) is 0 Å². The average molecular weight is 322 g/mol.